The summed E-state index contributed by atoms with van der Waals surface area (Å²) < 4.78 is 0. The number of carbonyl (C=O) groups is 3. The molecule has 2 heterocycles. The van der Waals surface area contributed by atoms with Crippen molar-refractivity contribution in [2.24, 2.45) is 5.92 Å². The Labute approximate surface area is 235 Å². The number of para-hydroxylation sites is 1. The smallest absolute Gasteiger partial charge is 0.327 e. The van der Waals surface area contributed by atoms with E-state index < -0.39 is 35.9 Å². The van der Waals surface area contributed by atoms with Crippen LogP contribution in [0.3, 0.4) is 0 Å². The molecule has 0 aliphatic carbocycles. The van der Waals surface area contributed by atoms with E-state index in [9.17, 15) is 19.5 Å². The van der Waals surface area contributed by atoms with Crippen molar-refractivity contribution in [2.45, 2.75) is 18.0 Å². The Morgan fingerprint density at radius 2 is 1.54 bits per heavy atom. The van der Waals surface area contributed by atoms with Crippen LogP contribution in [0.2, 0.25) is 5.02 Å². The molecule has 0 spiro atoms. The molecule has 0 radical (unpaired) electrons. The Balaban J connectivity index is 1.67. The Morgan fingerprint density at radius 3 is 2.15 bits per heavy atom. The van der Waals surface area contributed by atoms with Gasteiger partial charge in [-0.15, -0.1) is 11.3 Å². The summed E-state index contributed by atoms with van der Waals surface area (Å²) in [6.07, 6.45) is 3.59. The molecule has 196 valence electrons. The molecule has 2 N–H and O–H groups in total. The van der Waals surface area contributed by atoms with Crippen molar-refractivity contribution in [1.29, 1.82) is 0 Å². The topological polar surface area (TPSA) is 86.7 Å². The van der Waals surface area contributed by atoms with Crippen LogP contribution in [0.1, 0.15) is 26.7 Å². The lowest BCUT2D eigenvalue weighted by Crippen LogP contribution is -2.48. The van der Waals surface area contributed by atoms with E-state index >= 15 is 0 Å². The molecule has 1 fully saturated rings. The maximum Gasteiger partial charge on any atom is 0.327 e. The molecule has 1 aromatic heterocycles. The van der Waals surface area contributed by atoms with Gasteiger partial charge in [-0.1, -0.05) is 90.5 Å². The first-order valence-corrected chi connectivity index (χ1v) is 13.6. The Bertz CT molecular complexity index is 1470. The van der Waals surface area contributed by atoms with Crippen LogP contribution in [-0.4, -0.2) is 39.9 Å². The number of benzene rings is 3. The van der Waals surface area contributed by atoms with Crippen molar-refractivity contribution in [3.63, 3.8) is 0 Å². The van der Waals surface area contributed by atoms with Gasteiger partial charge < -0.3 is 15.3 Å². The molecule has 4 atom stereocenters. The number of hydrogen-bond acceptors (Lipinski definition) is 4. The van der Waals surface area contributed by atoms with Crippen LogP contribution in [0, 0.1) is 5.92 Å². The minimum absolute atomic E-state index is 0.214. The van der Waals surface area contributed by atoms with E-state index in [1.165, 1.54) is 16.2 Å². The predicted octanol–water partition coefficient (Wildman–Crippen LogP) is 7.07. The van der Waals surface area contributed by atoms with Gasteiger partial charge in [-0.25, -0.2) is 9.59 Å². The van der Waals surface area contributed by atoms with Gasteiger partial charge in [-0.3, -0.25) is 4.79 Å². The second-order valence-electron chi connectivity index (χ2n) is 9.19. The summed E-state index contributed by atoms with van der Waals surface area (Å²) in [6.45, 7) is 0. The summed E-state index contributed by atoms with van der Waals surface area (Å²) in [5.41, 5.74) is 2.01. The minimum Gasteiger partial charge on any atom is -0.480 e. The number of Topliss-reactive ketones (excluding diaryl/α,β-unsaturated/α-hetero) is 1. The monoisotopic (exact) mass is 556 g/mol. The number of amides is 2. The van der Waals surface area contributed by atoms with Gasteiger partial charge >= 0.3 is 12.0 Å². The highest BCUT2D eigenvalue weighted by molar-refractivity contribution is 7.12. The van der Waals surface area contributed by atoms with Gasteiger partial charge in [0.05, 0.1) is 16.8 Å². The van der Waals surface area contributed by atoms with E-state index in [1.807, 2.05) is 47.9 Å². The summed E-state index contributed by atoms with van der Waals surface area (Å²) in [5, 5.41) is 15.7. The predicted molar refractivity (Wildman–Crippen MR) is 154 cm³/mol. The van der Waals surface area contributed by atoms with Crippen LogP contribution >= 0.6 is 22.9 Å². The number of urea groups is 1. The second-order valence-corrected chi connectivity index (χ2v) is 10.6. The molecular formula is C31H25ClN2O4S. The molecular weight excluding hydrogens is 532 g/mol. The molecule has 4 unspecified atom stereocenters. The first-order chi connectivity index (χ1) is 18.9. The minimum atomic E-state index is -1.31. The van der Waals surface area contributed by atoms with E-state index in [1.54, 1.807) is 66.7 Å². The Kier molecular flexibility index (Phi) is 7.91. The Morgan fingerprint density at radius 1 is 0.872 bits per heavy atom. The third-order valence-electron chi connectivity index (χ3n) is 6.84. The number of rotatable bonds is 7. The van der Waals surface area contributed by atoms with Crippen molar-refractivity contribution < 1.29 is 19.5 Å². The molecule has 4 aromatic rings. The number of thiophene rings is 1. The molecule has 6 nitrogen and oxygen atoms in total. The van der Waals surface area contributed by atoms with E-state index in [-0.39, 0.29) is 5.78 Å². The average Bonchev–Trinajstić information content (AvgIpc) is 3.60. The number of carbonyl (C=O) groups excluding carboxylic acids is 2. The maximum atomic E-state index is 14.1. The van der Waals surface area contributed by atoms with Gasteiger partial charge in [0.15, 0.2) is 5.78 Å². The molecule has 1 aliphatic heterocycles. The third kappa shape index (κ3) is 5.65. The zero-order valence-corrected chi connectivity index (χ0v) is 22.3. The van der Waals surface area contributed by atoms with Crippen LogP contribution in [0.25, 0.3) is 6.08 Å². The van der Waals surface area contributed by atoms with Crippen molar-refractivity contribution in [2.75, 3.05) is 5.32 Å². The largest absolute Gasteiger partial charge is 0.480 e. The summed E-state index contributed by atoms with van der Waals surface area (Å²) in [7, 11) is 0. The zero-order valence-electron chi connectivity index (χ0n) is 20.7. The van der Waals surface area contributed by atoms with Crippen LogP contribution in [0.4, 0.5) is 10.5 Å². The van der Waals surface area contributed by atoms with E-state index in [0.29, 0.717) is 21.2 Å². The van der Waals surface area contributed by atoms with Crippen molar-refractivity contribution in [3.05, 3.63) is 130 Å². The van der Waals surface area contributed by atoms with Crippen molar-refractivity contribution in [1.82, 2.24) is 4.90 Å². The van der Waals surface area contributed by atoms with Crippen LogP contribution in [0.15, 0.2) is 109 Å². The summed E-state index contributed by atoms with van der Waals surface area (Å²) in [4.78, 5) is 42.6. The van der Waals surface area contributed by atoms with Gasteiger partial charge in [0.25, 0.3) is 0 Å². The number of nitrogens with zero attached hydrogens (tertiary/aromatic N) is 1. The molecule has 0 bridgehead atoms. The number of likely N-dealkylation sites (tertiary alicyclic amines) is 1. The van der Waals surface area contributed by atoms with E-state index in [4.69, 9.17) is 11.6 Å². The first kappa shape index (κ1) is 26.4. The van der Waals surface area contributed by atoms with Gasteiger partial charge in [0, 0.05) is 16.6 Å². The zero-order chi connectivity index (χ0) is 27.4. The second kappa shape index (κ2) is 11.7. The number of ketones is 1. The molecule has 1 saturated heterocycles. The molecule has 3 aromatic carbocycles. The Hall–Kier alpha value is -4.20. The number of nitrogens with one attached hydrogen (secondary N) is 1. The van der Waals surface area contributed by atoms with E-state index in [0.717, 1.165) is 5.56 Å². The summed E-state index contributed by atoms with van der Waals surface area (Å²) in [6, 6.07) is 25.9. The van der Waals surface area contributed by atoms with E-state index in [2.05, 4.69) is 5.32 Å². The number of hydrogen-bond donors (Lipinski definition) is 2. The number of aliphatic carboxylic acids is 1. The molecule has 39 heavy (non-hydrogen) atoms. The SMILES string of the molecule is O=C(c1cccs1)C1C(c2ccc(Cl)cc2)C(C(=O)O)N(C(=O)Nc2ccccc2)C1C=Cc1ccccc1. The fourth-order valence-corrected chi connectivity index (χ4v) is 5.99. The maximum absolute atomic E-state index is 14.1. The number of carboxylic acids is 1. The highest BCUT2D eigenvalue weighted by atomic mass is 35.5. The fraction of sp³-hybridized carbons (Fsp3) is 0.129. The molecule has 0 saturated carbocycles. The molecule has 8 heteroatoms. The molecule has 2 amide bonds. The lowest BCUT2D eigenvalue weighted by atomic mass is 9.78. The van der Waals surface area contributed by atoms with Crippen molar-refractivity contribution in [3.8, 4) is 0 Å². The summed E-state index contributed by atoms with van der Waals surface area (Å²) >= 11 is 7.44. The van der Waals surface area contributed by atoms with Gasteiger partial charge in [-0.05, 0) is 46.8 Å². The standard InChI is InChI=1S/C31H25ClN2O4S/c32-22-16-14-21(15-17-22)26-27(29(35)25-12-7-19-39-25)24(18-13-20-8-3-1-4-9-20)34(28(26)30(36)37)31(38)33-23-10-5-2-6-11-23/h1-19,24,26-28H,(H,33,38)(H,36,37). The normalized spacial score (nSPS) is 20.7. The van der Waals surface area contributed by atoms with Crippen LogP contribution < -0.4 is 5.32 Å². The van der Waals surface area contributed by atoms with Crippen LogP contribution in [0.5, 0.6) is 0 Å². The average molecular weight is 557 g/mol. The summed E-state index contributed by atoms with van der Waals surface area (Å²) in [5.74, 6) is -3.08. The lowest BCUT2D eigenvalue weighted by molar-refractivity contribution is -0.141. The highest BCUT2D eigenvalue weighted by Gasteiger charge is 2.56. The number of halogens is 1. The third-order valence-corrected chi connectivity index (χ3v) is 7.97. The number of anilines is 1. The molecule has 1 aliphatic rings. The lowest BCUT2D eigenvalue weighted by Gasteiger charge is -2.28. The van der Waals surface area contributed by atoms with Gasteiger partial charge in [-0.2, -0.15) is 0 Å². The van der Waals surface area contributed by atoms with Gasteiger partial charge in [0.2, 0.25) is 0 Å². The van der Waals surface area contributed by atoms with Gasteiger partial charge in [0.1, 0.15) is 6.04 Å². The fourth-order valence-electron chi connectivity index (χ4n) is 5.15. The number of carboxylic acid groups (broad SMARTS) is 1. The van der Waals surface area contributed by atoms with Crippen LogP contribution in [-0.2, 0) is 4.79 Å². The van der Waals surface area contributed by atoms with Crippen molar-refractivity contribution >= 4 is 52.5 Å². The quantitative estimate of drug-likeness (QED) is 0.238. The first-order valence-electron chi connectivity index (χ1n) is 12.4. The molecule has 5 rings (SSSR count). The highest BCUT2D eigenvalue weighted by Crippen LogP contribution is 2.46.